The lowest BCUT2D eigenvalue weighted by molar-refractivity contribution is -0.141. The number of imidazole rings is 1. The van der Waals surface area contributed by atoms with Gasteiger partial charge in [-0.25, -0.2) is 15.0 Å². The molecule has 0 unspecified atom stereocenters. The predicted molar refractivity (Wildman–Crippen MR) is 87.3 cm³/mol. The zero-order valence-corrected chi connectivity index (χ0v) is 14.6. The first-order valence-corrected chi connectivity index (χ1v) is 7.96. The van der Waals surface area contributed by atoms with Gasteiger partial charge in [0, 0.05) is 11.8 Å². The van der Waals surface area contributed by atoms with Crippen molar-refractivity contribution in [1.29, 1.82) is 0 Å². The summed E-state index contributed by atoms with van der Waals surface area (Å²) in [7, 11) is 0. The number of alkyl halides is 6. The summed E-state index contributed by atoms with van der Waals surface area (Å²) in [4.78, 5) is 11.3. The first-order valence-electron chi connectivity index (χ1n) is 6.88. The van der Waals surface area contributed by atoms with E-state index in [4.69, 9.17) is 0 Å². The van der Waals surface area contributed by atoms with Crippen LogP contribution in [0.25, 0.3) is 17.2 Å². The first-order chi connectivity index (χ1) is 12.0. The summed E-state index contributed by atoms with van der Waals surface area (Å²) in [6.45, 7) is 0. The summed E-state index contributed by atoms with van der Waals surface area (Å²) in [6.07, 6.45) is -6.81. The zero-order valence-electron chi connectivity index (χ0n) is 12.5. The molecule has 0 saturated heterocycles. The van der Waals surface area contributed by atoms with E-state index in [0.29, 0.717) is 9.77 Å². The predicted octanol–water partition coefficient (Wildman–Crippen LogP) is 4.97. The van der Waals surface area contributed by atoms with Gasteiger partial charge in [-0.05, 0) is 40.8 Å². The number of hydrogen-bond acceptors (Lipinski definition) is 3. The summed E-state index contributed by atoms with van der Waals surface area (Å²) in [5.41, 5.74) is -2.64. The Bertz CT molecular complexity index is 948. The largest absolute Gasteiger partial charge is 0.433 e. The molecule has 0 bridgehead atoms. The molecular weight excluding hydrogens is 477 g/mol. The van der Waals surface area contributed by atoms with Crippen LogP contribution in [0.5, 0.6) is 0 Å². The third-order valence-electron chi connectivity index (χ3n) is 3.27. The SMILES string of the molecule is FC(F)(F)c1cccc(-c2cc(C(F)(F)F)nc(-n3cnc(I)c3)n2)c1. The van der Waals surface area contributed by atoms with Crippen molar-refractivity contribution in [3.63, 3.8) is 0 Å². The van der Waals surface area contributed by atoms with Gasteiger partial charge in [0.25, 0.3) is 0 Å². The summed E-state index contributed by atoms with van der Waals surface area (Å²) in [5.74, 6) is -0.345. The van der Waals surface area contributed by atoms with E-state index < -0.39 is 23.6 Å². The fraction of sp³-hybridized carbons (Fsp3) is 0.133. The quantitative estimate of drug-likeness (QED) is 0.381. The summed E-state index contributed by atoms with van der Waals surface area (Å²) in [6, 6.07) is 4.53. The van der Waals surface area contributed by atoms with Crippen molar-refractivity contribution >= 4 is 22.6 Å². The van der Waals surface area contributed by atoms with Crippen molar-refractivity contribution in [2.24, 2.45) is 0 Å². The normalized spacial score (nSPS) is 12.4. The molecule has 0 aliphatic carbocycles. The third-order valence-corrected chi connectivity index (χ3v) is 3.83. The molecule has 26 heavy (non-hydrogen) atoms. The molecule has 2 aromatic heterocycles. The Morgan fingerprint density at radius 1 is 0.923 bits per heavy atom. The Balaban J connectivity index is 2.18. The maximum Gasteiger partial charge on any atom is 0.433 e. The Morgan fingerprint density at radius 3 is 2.23 bits per heavy atom. The average molecular weight is 484 g/mol. The van der Waals surface area contributed by atoms with E-state index in [9.17, 15) is 26.3 Å². The zero-order chi connectivity index (χ0) is 19.1. The van der Waals surface area contributed by atoms with Gasteiger partial charge in [0.05, 0.1) is 11.3 Å². The molecule has 3 rings (SSSR count). The van der Waals surface area contributed by atoms with E-state index in [-0.39, 0.29) is 17.2 Å². The van der Waals surface area contributed by atoms with E-state index >= 15 is 0 Å². The molecule has 0 amide bonds. The molecule has 0 aliphatic rings. The summed E-state index contributed by atoms with van der Waals surface area (Å²) in [5, 5.41) is 0. The molecule has 11 heteroatoms. The van der Waals surface area contributed by atoms with Crippen LogP contribution in [0.2, 0.25) is 0 Å². The van der Waals surface area contributed by atoms with Crippen LogP contribution in [0.4, 0.5) is 26.3 Å². The molecule has 2 heterocycles. The molecule has 0 fully saturated rings. The molecule has 4 nitrogen and oxygen atoms in total. The molecule has 0 atom stereocenters. The fourth-order valence-corrected chi connectivity index (χ4v) is 2.53. The average Bonchev–Trinajstić information content (AvgIpc) is 2.99. The highest BCUT2D eigenvalue weighted by molar-refractivity contribution is 14.1. The molecule has 0 N–H and O–H groups in total. The third kappa shape index (κ3) is 3.97. The van der Waals surface area contributed by atoms with Crippen molar-refractivity contribution in [2.75, 3.05) is 0 Å². The number of hydrogen-bond donors (Lipinski definition) is 0. The topological polar surface area (TPSA) is 43.6 Å². The van der Waals surface area contributed by atoms with Gasteiger partial charge in [-0.3, -0.25) is 4.57 Å². The smallest absolute Gasteiger partial charge is 0.273 e. The lowest BCUT2D eigenvalue weighted by Crippen LogP contribution is -2.12. The highest BCUT2D eigenvalue weighted by Gasteiger charge is 2.34. The van der Waals surface area contributed by atoms with E-state index in [0.717, 1.165) is 22.8 Å². The fourth-order valence-electron chi connectivity index (χ4n) is 2.11. The number of rotatable bonds is 2. The van der Waals surface area contributed by atoms with Crippen LogP contribution in [0, 0.1) is 3.70 Å². The van der Waals surface area contributed by atoms with Gasteiger partial charge in [0.1, 0.15) is 10.0 Å². The van der Waals surface area contributed by atoms with Crippen LogP contribution in [0.3, 0.4) is 0 Å². The number of nitrogens with zero attached hydrogens (tertiary/aromatic N) is 4. The van der Waals surface area contributed by atoms with Crippen LogP contribution in [-0.2, 0) is 12.4 Å². The van der Waals surface area contributed by atoms with Gasteiger partial charge >= 0.3 is 12.4 Å². The second-order valence-electron chi connectivity index (χ2n) is 5.12. The summed E-state index contributed by atoms with van der Waals surface area (Å²) >= 11 is 1.85. The van der Waals surface area contributed by atoms with E-state index in [1.54, 1.807) is 0 Å². The standard InChI is InChI=1S/C15H7F6IN4/c16-14(17,18)9-3-1-2-8(4-9)10-5-11(15(19,20)21)25-13(24-10)26-6-12(22)23-7-26/h1-7H. The molecule has 3 aromatic rings. The van der Waals surface area contributed by atoms with Crippen LogP contribution in [0.15, 0.2) is 42.9 Å². The van der Waals surface area contributed by atoms with Crippen molar-refractivity contribution in [3.05, 3.63) is 57.8 Å². The van der Waals surface area contributed by atoms with Gasteiger partial charge in [0.2, 0.25) is 5.95 Å². The summed E-state index contributed by atoms with van der Waals surface area (Å²) < 4.78 is 79.7. The van der Waals surface area contributed by atoms with Crippen LogP contribution in [-0.4, -0.2) is 19.5 Å². The molecule has 136 valence electrons. The van der Waals surface area contributed by atoms with Crippen molar-refractivity contribution < 1.29 is 26.3 Å². The Morgan fingerprint density at radius 2 is 1.65 bits per heavy atom. The number of halogens is 7. The maximum atomic E-state index is 13.2. The second kappa shape index (κ2) is 6.52. The van der Waals surface area contributed by atoms with Gasteiger partial charge in [-0.1, -0.05) is 12.1 Å². The molecule has 0 spiro atoms. The lowest BCUT2D eigenvalue weighted by Gasteiger charge is -2.12. The Labute approximate surface area is 156 Å². The first kappa shape index (κ1) is 18.6. The number of benzene rings is 1. The van der Waals surface area contributed by atoms with Gasteiger partial charge < -0.3 is 0 Å². The van der Waals surface area contributed by atoms with Crippen molar-refractivity contribution in [1.82, 2.24) is 19.5 Å². The molecule has 0 aliphatic heterocycles. The van der Waals surface area contributed by atoms with Gasteiger partial charge in [-0.15, -0.1) is 0 Å². The number of aromatic nitrogens is 4. The Hall–Kier alpha value is -2.18. The van der Waals surface area contributed by atoms with Crippen LogP contribution < -0.4 is 0 Å². The van der Waals surface area contributed by atoms with Gasteiger partial charge in [-0.2, -0.15) is 26.3 Å². The minimum Gasteiger partial charge on any atom is -0.273 e. The minimum absolute atomic E-state index is 0.108. The molecule has 0 radical (unpaired) electrons. The highest BCUT2D eigenvalue weighted by Crippen LogP contribution is 2.34. The lowest BCUT2D eigenvalue weighted by atomic mass is 10.1. The second-order valence-corrected chi connectivity index (χ2v) is 6.22. The molecular formula is C15H7F6IN4. The van der Waals surface area contributed by atoms with Gasteiger partial charge in [0.15, 0.2) is 5.69 Å². The highest BCUT2D eigenvalue weighted by atomic mass is 127. The monoisotopic (exact) mass is 484 g/mol. The van der Waals surface area contributed by atoms with E-state index in [1.165, 1.54) is 18.6 Å². The van der Waals surface area contributed by atoms with E-state index in [1.807, 2.05) is 22.6 Å². The van der Waals surface area contributed by atoms with Crippen molar-refractivity contribution in [2.45, 2.75) is 12.4 Å². The van der Waals surface area contributed by atoms with Crippen molar-refractivity contribution in [3.8, 4) is 17.2 Å². The minimum atomic E-state index is -4.79. The van der Waals surface area contributed by atoms with Crippen LogP contribution >= 0.6 is 22.6 Å². The Kier molecular flexibility index (Phi) is 4.67. The molecule has 0 saturated carbocycles. The van der Waals surface area contributed by atoms with E-state index in [2.05, 4.69) is 15.0 Å². The molecule has 1 aromatic carbocycles. The maximum absolute atomic E-state index is 13.2. The van der Waals surface area contributed by atoms with Crippen LogP contribution in [0.1, 0.15) is 11.3 Å².